The van der Waals surface area contributed by atoms with Crippen LogP contribution in [0.25, 0.3) is 0 Å². The summed E-state index contributed by atoms with van der Waals surface area (Å²) in [7, 11) is 2.30. The number of benzene rings is 2. The molecular formula is C28H36Cl4N. The molecule has 0 N–H and O–H groups in total. The summed E-state index contributed by atoms with van der Waals surface area (Å²) < 4.78 is 0. The zero-order chi connectivity index (χ0) is 22.6. The maximum absolute atomic E-state index is 6.25. The quantitative estimate of drug-likeness (QED) is 0.373. The molecule has 0 atom stereocenters. The highest BCUT2D eigenvalue weighted by molar-refractivity contribution is 6.42. The summed E-state index contributed by atoms with van der Waals surface area (Å²) in [6.45, 7) is 1.22. The van der Waals surface area contributed by atoms with Gasteiger partial charge in [0, 0.05) is 23.0 Å². The molecule has 0 amide bonds. The van der Waals surface area contributed by atoms with Crippen LogP contribution in [0.1, 0.15) is 81.8 Å². The Kier molecular flexibility index (Phi) is 10.3. The molecule has 1 nitrogen and oxygen atoms in total. The van der Waals surface area contributed by atoms with E-state index in [1.54, 1.807) is 5.92 Å². The van der Waals surface area contributed by atoms with Crippen LogP contribution in [0.2, 0.25) is 15.1 Å². The van der Waals surface area contributed by atoms with Crippen LogP contribution in [0.3, 0.4) is 0 Å². The minimum absolute atomic E-state index is 0. The van der Waals surface area contributed by atoms with Crippen molar-refractivity contribution in [2.75, 3.05) is 13.6 Å². The molecule has 2 aromatic rings. The van der Waals surface area contributed by atoms with Crippen molar-refractivity contribution in [2.45, 2.75) is 76.2 Å². The first-order chi connectivity index (χ1) is 15.5. The Morgan fingerprint density at radius 1 is 0.818 bits per heavy atom. The molecule has 1 radical (unpaired) electrons. The molecule has 3 fully saturated rings. The van der Waals surface area contributed by atoms with Crippen LogP contribution in [0, 0.1) is 11.8 Å². The van der Waals surface area contributed by atoms with E-state index in [0.29, 0.717) is 10.0 Å². The Bertz CT molecular complexity index is 868. The summed E-state index contributed by atoms with van der Waals surface area (Å²) in [5, 5.41) is 2.17. The molecule has 33 heavy (non-hydrogen) atoms. The highest BCUT2D eigenvalue weighted by Gasteiger charge is 2.43. The molecule has 3 aliphatic rings. The third-order valence-electron chi connectivity index (χ3n) is 7.83. The van der Waals surface area contributed by atoms with Crippen molar-refractivity contribution < 1.29 is 0 Å². The molecule has 3 saturated carbocycles. The van der Waals surface area contributed by atoms with Gasteiger partial charge in [0.1, 0.15) is 0 Å². The average Bonchev–Trinajstić information content (AvgIpc) is 2.71. The fourth-order valence-electron chi connectivity index (χ4n) is 5.45. The van der Waals surface area contributed by atoms with Gasteiger partial charge in [-0.3, -0.25) is 4.90 Å². The van der Waals surface area contributed by atoms with Crippen LogP contribution in [-0.4, -0.2) is 18.5 Å². The number of halogens is 4. The predicted octanol–water partition coefficient (Wildman–Crippen LogP) is 9.75. The lowest BCUT2D eigenvalue weighted by Gasteiger charge is -2.50. The van der Waals surface area contributed by atoms with E-state index in [1.807, 2.05) is 18.2 Å². The first-order valence-corrected chi connectivity index (χ1v) is 13.4. The molecule has 0 saturated heterocycles. The van der Waals surface area contributed by atoms with E-state index in [4.69, 9.17) is 34.8 Å². The Morgan fingerprint density at radius 3 is 2.00 bits per heavy atom. The SMILES string of the molecule is CN(CC1CCCCC1)C1(c2ccc(Cl)c(Cl)c2)CCC1.Cl.Clc1ccc([C]2CCC2)cc1. The molecular weight excluding hydrogens is 492 g/mol. The number of hydrogen-bond acceptors (Lipinski definition) is 1. The summed E-state index contributed by atoms with van der Waals surface area (Å²) in [4.78, 5) is 2.60. The Labute approximate surface area is 221 Å². The second-order valence-corrected chi connectivity index (χ2v) is 11.1. The van der Waals surface area contributed by atoms with Crippen LogP contribution in [0.5, 0.6) is 0 Å². The Morgan fingerprint density at radius 2 is 1.48 bits per heavy atom. The van der Waals surface area contributed by atoms with E-state index in [-0.39, 0.29) is 17.9 Å². The maximum Gasteiger partial charge on any atom is 0.0595 e. The lowest BCUT2D eigenvalue weighted by atomic mass is 9.70. The van der Waals surface area contributed by atoms with Gasteiger partial charge in [-0.1, -0.05) is 78.7 Å². The van der Waals surface area contributed by atoms with Crippen molar-refractivity contribution in [3.8, 4) is 0 Å². The first kappa shape index (κ1) is 27.2. The molecule has 0 heterocycles. The lowest BCUT2D eigenvalue weighted by molar-refractivity contribution is 0.0178. The predicted molar refractivity (Wildman–Crippen MR) is 146 cm³/mol. The van der Waals surface area contributed by atoms with Gasteiger partial charge in [-0.15, -0.1) is 12.4 Å². The summed E-state index contributed by atoms with van der Waals surface area (Å²) in [6, 6.07) is 14.3. The van der Waals surface area contributed by atoms with E-state index in [0.717, 1.165) is 10.9 Å². The van der Waals surface area contributed by atoms with E-state index in [9.17, 15) is 0 Å². The standard InChI is InChI=1S/C18H25Cl2N.C10H10Cl.ClH/c1-21(13-14-6-3-2-4-7-14)18(10-5-11-18)15-8-9-16(19)17(20)12-15;11-10-6-4-9(5-7-10)8-2-1-3-8;/h8-9,12,14H,2-7,10-11,13H2,1H3;4-7H,1-3H2;1H. The van der Waals surface area contributed by atoms with Crippen LogP contribution in [0.15, 0.2) is 42.5 Å². The van der Waals surface area contributed by atoms with Crippen molar-refractivity contribution >= 4 is 47.2 Å². The van der Waals surface area contributed by atoms with Gasteiger partial charge in [-0.25, -0.2) is 0 Å². The van der Waals surface area contributed by atoms with Crippen LogP contribution in [0.4, 0.5) is 0 Å². The minimum Gasteiger partial charge on any atom is -0.296 e. The molecule has 0 aromatic heterocycles. The molecule has 181 valence electrons. The lowest BCUT2D eigenvalue weighted by Crippen LogP contribution is -2.50. The molecule has 0 bridgehead atoms. The second kappa shape index (κ2) is 12.5. The van der Waals surface area contributed by atoms with Gasteiger partial charge < -0.3 is 0 Å². The summed E-state index contributed by atoms with van der Waals surface area (Å²) >= 11 is 18.1. The van der Waals surface area contributed by atoms with Crippen molar-refractivity contribution in [1.29, 1.82) is 0 Å². The summed E-state index contributed by atoms with van der Waals surface area (Å²) in [6.07, 6.45) is 14.8. The fraction of sp³-hybridized carbons (Fsp3) is 0.536. The highest BCUT2D eigenvalue weighted by Crippen LogP contribution is 2.47. The third-order valence-corrected chi connectivity index (χ3v) is 8.83. The van der Waals surface area contributed by atoms with Crippen molar-refractivity contribution in [2.24, 2.45) is 5.92 Å². The average molecular weight is 528 g/mol. The van der Waals surface area contributed by atoms with Crippen molar-refractivity contribution in [1.82, 2.24) is 4.90 Å². The molecule has 5 rings (SSSR count). The van der Waals surface area contributed by atoms with Crippen LogP contribution < -0.4 is 0 Å². The van der Waals surface area contributed by atoms with Gasteiger partial charge in [0.2, 0.25) is 0 Å². The van der Waals surface area contributed by atoms with Gasteiger partial charge in [-0.2, -0.15) is 0 Å². The smallest absolute Gasteiger partial charge is 0.0595 e. The largest absolute Gasteiger partial charge is 0.296 e. The normalized spacial score (nSPS) is 20.2. The van der Waals surface area contributed by atoms with E-state index in [2.05, 4.69) is 36.2 Å². The molecule has 3 aliphatic carbocycles. The van der Waals surface area contributed by atoms with E-state index < -0.39 is 0 Å². The molecule has 5 heteroatoms. The molecule has 0 aliphatic heterocycles. The topological polar surface area (TPSA) is 3.24 Å². The molecule has 0 spiro atoms. The second-order valence-electron chi connectivity index (χ2n) is 9.86. The van der Waals surface area contributed by atoms with Gasteiger partial charge in [-0.05, 0) is 93.3 Å². The fourth-order valence-corrected chi connectivity index (χ4v) is 5.87. The zero-order valence-corrected chi connectivity index (χ0v) is 22.7. The van der Waals surface area contributed by atoms with Crippen LogP contribution in [-0.2, 0) is 5.54 Å². The number of nitrogens with zero attached hydrogens (tertiary/aromatic N) is 1. The van der Waals surface area contributed by atoms with Crippen molar-refractivity contribution in [3.05, 3.63) is 74.6 Å². The molecule has 0 unspecified atom stereocenters. The van der Waals surface area contributed by atoms with Gasteiger partial charge in [0.05, 0.1) is 10.0 Å². The minimum atomic E-state index is 0. The maximum atomic E-state index is 6.25. The third kappa shape index (κ3) is 6.62. The van der Waals surface area contributed by atoms with E-state index in [1.165, 1.54) is 88.3 Å². The van der Waals surface area contributed by atoms with Gasteiger partial charge in [0.15, 0.2) is 0 Å². The van der Waals surface area contributed by atoms with Gasteiger partial charge in [0.25, 0.3) is 0 Å². The Balaban J connectivity index is 0.000000215. The summed E-state index contributed by atoms with van der Waals surface area (Å²) in [5.41, 5.74) is 2.92. The van der Waals surface area contributed by atoms with Crippen LogP contribution >= 0.6 is 47.2 Å². The number of rotatable bonds is 5. The van der Waals surface area contributed by atoms with E-state index >= 15 is 0 Å². The summed E-state index contributed by atoms with van der Waals surface area (Å²) in [5.74, 6) is 2.46. The van der Waals surface area contributed by atoms with Gasteiger partial charge >= 0.3 is 0 Å². The highest BCUT2D eigenvalue weighted by atomic mass is 35.5. The zero-order valence-electron chi connectivity index (χ0n) is 19.6. The monoisotopic (exact) mass is 526 g/mol. The van der Waals surface area contributed by atoms with Crippen molar-refractivity contribution in [3.63, 3.8) is 0 Å². The molecule has 2 aromatic carbocycles. The number of hydrogen-bond donors (Lipinski definition) is 0. The Hall–Kier alpha value is -0.440. The first-order valence-electron chi connectivity index (χ1n) is 12.3.